The zero-order chi connectivity index (χ0) is 12.7. The van der Waals surface area contributed by atoms with E-state index in [1.54, 1.807) is 7.11 Å². The fraction of sp³-hybridized carbons (Fsp3) is 0.333. The highest BCUT2D eigenvalue weighted by Crippen LogP contribution is 2.12. The molecule has 0 spiro atoms. The topological polar surface area (TPSA) is 64.3 Å². The van der Waals surface area contributed by atoms with E-state index >= 15 is 0 Å². The van der Waals surface area contributed by atoms with Gasteiger partial charge in [-0.1, -0.05) is 24.4 Å². The Bertz CT molecular complexity index is 407. The number of hydrogen-bond acceptors (Lipinski definition) is 3. The van der Waals surface area contributed by atoms with Gasteiger partial charge in [0, 0.05) is 6.54 Å². The molecular formula is C12H16N2O2S. The van der Waals surface area contributed by atoms with Gasteiger partial charge in [0.1, 0.15) is 5.75 Å². The predicted molar refractivity (Wildman–Crippen MR) is 71.1 cm³/mol. The van der Waals surface area contributed by atoms with Crippen LogP contribution in [0.1, 0.15) is 12.0 Å². The highest BCUT2D eigenvalue weighted by atomic mass is 32.1. The molecule has 0 heterocycles. The number of carbonyl (C=O) groups is 1. The van der Waals surface area contributed by atoms with Crippen molar-refractivity contribution >= 4 is 23.1 Å². The molecule has 1 rings (SSSR count). The Hall–Kier alpha value is -1.62. The van der Waals surface area contributed by atoms with E-state index in [1.165, 1.54) is 0 Å². The monoisotopic (exact) mass is 252 g/mol. The quantitative estimate of drug-likeness (QED) is 0.742. The zero-order valence-corrected chi connectivity index (χ0v) is 10.5. The van der Waals surface area contributed by atoms with Gasteiger partial charge in [-0.25, -0.2) is 0 Å². The number of nitrogens with one attached hydrogen (secondary N) is 1. The van der Waals surface area contributed by atoms with Crippen LogP contribution in [0.25, 0.3) is 0 Å². The Kier molecular flexibility index (Phi) is 5.42. The van der Waals surface area contributed by atoms with Crippen molar-refractivity contribution in [3.63, 3.8) is 0 Å². The molecule has 1 aromatic carbocycles. The van der Waals surface area contributed by atoms with Crippen molar-refractivity contribution in [3.05, 3.63) is 29.8 Å². The van der Waals surface area contributed by atoms with Crippen LogP contribution in [0.2, 0.25) is 0 Å². The SMILES string of the molecule is COc1cccc(CCNC(=O)CC(N)=S)c1. The second-order valence-corrected chi connectivity index (χ2v) is 4.12. The molecular weight excluding hydrogens is 236 g/mol. The van der Waals surface area contributed by atoms with Gasteiger partial charge in [-0.15, -0.1) is 0 Å². The van der Waals surface area contributed by atoms with Crippen LogP contribution in [0.15, 0.2) is 24.3 Å². The molecule has 4 nitrogen and oxygen atoms in total. The number of rotatable bonds is 6. The number of amides is 1. The Balaban J connectivity index is 2.35. The average molecular weight is 252 g/mol. The summed E-state index contributed by atoms with van der Waals surface area (Å²) < 4.78 is 5.11. The maximum absolute atomic E-state index is 11.3. The largest absolute Gasteiger partial charge is 0.497 e. The Labute approximate surface area is 106 Å². The van der Waals surface area contributed by atoms with Gasteiger partial charge >= 0.3 is 0 Å². The van der Waals surface area contributed by atoms with Crippen LogP contribution in [0.5, 0.6) is 5.75 Å². The first kappa shape index (κ1) is 13.4. The summed E-state index contributed by atoms with van der Waals surface area (Å²) in [7, 11) is 1.63. The van der Waals surface area contributed by atoms with Gasteiger partial charge in [0.15, 0.2) is 0 Å². The lowest BCUT2D eigenvalue weighted by atomic mass is 10.1. The van der Waals surface area contributed by atoms with Crippen LogP contribution < -0.4 is 15.8 Å². The molecule has 0 saturated carbocycles. The Morgan fingerprint density at radius 2 is 2.29 bits per heavy atom. The maximum atomic E-state index is 11.3. The van der Waals surface area contributed by atoms with Gasteiger partial charge in [-0.2, -0.15) is 0 Å². The summed E-state index contributed by atoms with van der Waals surface area (Å²) in [6.07, 6.45) is 0.855. The molecule has 0 aliphatic rings. The molecule has 0 unspecified atom stereocenters. The summed E-state index contributed by atoms with van der Waals surface area (Å²) >= 11 is 4.65. The summed E-state index contributed by atoms with van der Waals surface area (Å²) in [6, 6.07) is 7.74. The molecule has 0 fully saturated rings. The molecule has 5 heteroatoms. The first-order valence-corrected chi connectivity index (χ1v) is 5.70. The second-order valence-electron chi connectivity index (χ2n) is 3.59. The van der Waals surface area contributed by atoms with Crippen molar-refractivity contribution in [2.75, 3.05) is 13.7 Å². The van der Waals surface area contributed by atoms with Crippen molar-refractivity contribution in [2.24, 2.45) is 5.73 Å². The number of thiocarbonyl (C=S) groups is 1. The van der Waals surface area contributed by atoms with Gasteiger partial charge in [0.2, 0.25) is 5.91 Å². The van der Waals surface area contributed by atoms with E-state index in [9.17, 15) is 4.79 Å². The van der Waals surface area contributed by atoms with Crippen LogP contribution in [0, 0.1) is 0 Å². The molecule has 0 aliphatic heterocycles. The number of carbonyl (C=O) groups excluding carboxylic acids is 1. The molecule has 0 radical (unpaired) electrons. The number of methoxy groups -OCH3 is 1. The molecule has 92 valence electrons. The average Bonchev–Trinajstić information content (AvgIpc) is 2.28. The van der Waals surface area contributed by atoms with E-state index in [-0.39, 0.29) is 17.3 Å². The summed E-state index contributed by atoms with van der Waals surface area (Å²) in [6.45, 7) is 0.564. The summed E-state index contributed by atoms with van der Waals surface area (Å²) in [5.41, 5.74) is 6.38. The normalized spacial score (nSPS) is 9.71. The van der Waals surface area contributed by atoms with Gasteiger partial charge in [0.05, 0.1) is 18.5 Å². The lowest BCUT2D eigenvalue weighted by Crippen LogP contribution is -2.29. The van der Waals surface area contributed by atoms with Crippen molar-refractivity contribution in [2.45, 2.75) is 12.8 Å². The molecule has 0 bridgehead atoms. The fourth-order valence-electron chi connectivity index (χ4n) is 1.39. The maximum Gasteiger partial charge on any atom is 0.226 e. The third-order valence-corrected chi connectivity index (χ3v) is 2.35. The van der Waals surface area contributed by atoms with E-state index in [1.807, 2.05) is 24.3 Å². The van der Waals surface area contributed by atoms with E-state index in [0.717, 1.165) is 17.7 Å². The summed E-state index contributed by atoms with van der Waals surface area (Å²) in [5.74, 6) is 0.678. The summed E-state index contributed by atoms with van der Waals surface area (Å²) in [4.78, 5) is 11.5. The highest BCUT2D eigenvalue weighted by Gasteiger charge is 2.02. The number of ether oxygens (including phenoxy) is 1. The van der Waals surface area contributed by atoms with Crippen LogP contribution in [0.4, 0.5) is 0 Å². The molecule has 1 amide bonds. The first-order valence-electron chi connectivity index (χ1n) is 5.29. The lowest BCUT2D eigenvalue weighted by Gasteiger charge is -2.06. The first-order chi connectivity index (χ1) is 8.11. The van der Waals surface area contributed by atoms with Crippen molar-refractivity contribution in [3.8, 4) is 5.75 Å². The lowest BCUT2D eigenvalue weighted by molar-refractivity contribution is -0.119. The minimum Gasteiger partial charge on any atom is -0.497 e. The smallest absolute Gasteiger partial charge is 0.226 e. The Morgan fingerprint density at radius 3 is 2.94 bits per heavy atom. The molecule has 0 atom stereocenters. The minimum absolute atomic E-state index is 0.105. The third kappa shape index (κ3) is 5.31. The molecule has 0 aromatic heterocycles. The van der Waals surface area contributed by atoms with Crippen LogP contribution in [0.3, 0.4) is 0 Å². The van der Waals surface area contributed by atoms with Crippen LogP contribution in [-0.2, 0) is 11.2 Å². The molecule has 17 heavy (non-hydrogen) atoms. The highest BCUT2D eigenvalue weighted by molar-refractivity contribution is 7.80. The molecule has 0 saturated heterocycles. The van der Waals surface area contributed by atoms with Crippen molar-refractivity contribution in [1.29, 1.82) is 0 Å². The Morgan fingerprint density at radius 1 is 1.53 bits per heavy atom. The van der Waals surface area contributed by atoms with E-state index in [0.29, 0.717) is 6.54 Å². The van der Waals surface area contributed by atoms with Crippen LogP contribution in [-0.4, -0.2) is 24.6 Å². The predicted octanol–water partition coefficient (Wildman–Crippen LogP) is 1.03. The third-order valence-electron chi connectivity index (χ3n) is 2.20. The van der Waals surface area contributed by atoms with E-state index in [2.05, 4.69) is 17.5 Å². The fourth-order valence-corrected chi connectivity index (χ4v) is 1.53. The van der Waals surface area contributed by atoms with Gasteiger partial charge in [-0.3, -0.25) is 4.79 Å². The standard InChI is InChI=1S/C12H16N2O2S/c1-16-10-4-2-3-9(7-10)5-6-14-12(15)8-11(13)17/h2-4,7H,5-6,8H2,1H3,(H2,13,17)(H,14,15). The van der Waals surface area contributed by atoms with Crippen molar-refractivity contribution in [1.82, 2.24) is 5.32 Å². The van der Waals surface area contributed by atoms with Crippen molar-refractivity contribution < 1.29 is 9.53 Å². The number of benzene rings is 1. The minimum atomic E-state index is -0.139. The molecule has 1 aromatic rings. The van der Waals surface area contributed by atoms with Crippen LogP contribution >= 0.6 is 12.2 Å². The van der Waals surface area contributed by atoms with E-state index in [4.69, 9.17) is 10.5 Å². The molecule has 0 aliphatic carbocycles. The van der Waals surface area contributed by atoms with E-state index < -0.39 is 0 Å². The number of nitrogens with two attached hydrogens (primary N) is 1. The van der Waals surface area contributed by atoms with Gasteiger partial charge in [0.25, 0.3) is 0 Å². The number of hydrogen-bond donors (Lipinski definition) is 2. The van der Waals surface area contributed by atoms with Gasteiger partial charge < -0.3 is 15.8 Å². The summed E-state index contributed by atoms with van der Waals surface area (Å²) in [5, 5.41) is 2.75. The second kappa shape index (κ2) is 6.85. The van der Waals surface area contributed by atoms with Gasteiger partial charge in [-0.05, 0) is 24.1 Å². The zero-order valence-electron chi connectivity index (χ0n) is 9.73. The molecule has 3 N–H and O–H groups in total.